The monoisotopic (exact) mass is 437 g/mol. The van der Waals surface area contributed by atoms with Crippen LogP contribution < -0.4 is 0 Å². The number of rotatable bonds is 4. The normalized spacial score (nSPS) is 11.4. The molecule has 0 aliphatic carbocycles. The summed E-state index contributed by atoms with van der Waals surface area (Å²) in [4.78, 5) is 34.4. The average molecular weight is 437 g/mol. The molecule has 0 aliphatic rings. The number of H-pyrrole nitrogens is 2. The fourth-order valence-electron chi connectivity index (χ4n) is 3.73. The lowest BCUT2D eigenvalue weighted by molar-refractivity contribution is 0.102. The number of nitrogens with one attached hydrogen (secondary N) is 2. The summed E-state index contributed by atoms with van der Waals surface area (Å²) >= 11 is 1.45. The summed E-state index contributed by atoms with van der Waals surface area (Å²) in [6, 6.07) is 9.76. The van der Waals surface area contributed by atoms with Gasteiger partial charge in [0.15, 0.2) is 11.4 Å². The van der Waals surface area contributed by atoms with Crippen LogP contribution >= 0.6 is 11.3 Å². The molecule has 154 valence electrons. The van der Waals surface area contributed by atoms with Crippen LogP contribution in [0.2, 0.25) is 0 Å². The second-order valence-electron chi connectivity index (χ2n) is 7.31. The molecule has 6 aromatic heterocycles. The van der Waals surface area contributed by atoms with E-state index in [0.717, 1.165) is 54.4 Å². The summed E-state index contributed by atoms with van der Waals surface area (Å²) in [5.41, 5.74) is 5.68. The third-order valence-electron chi connectivity index (χ3n) is 5.27. The summed E-state index contributed by atoms with van der Waals surface area (Å²) < 4.78 is 0. The van der Waals surface area contributed by atoms with Crippen LogP contribution in [-0.2, 0) is 0 Å². The highest BCUT2D eigenvalue weighted by atomic mass is 32.1. The number of hydrogen-bond donors (Lipinski definition) is 2. The molecule has 0 aromatic carbocycles. The first-order valence-electron chi connectivity index (χ1n) is 9.87. The molecule has 0 aliphatic heterocycles. The van der Waals surface area contributed by atoms with E-state index >= 15 is 0 Å². The van der Waals surface area contributed by atoms with Gasteiger partial charge in [0.2, 0.25) is 0 Å². The summed E-state index contributed by atoms with van der Waals surface area (Å²) in [6.45, 7) is 1.57. The van der Waals surface area contributed by atoms with Crippen molar-refractivity contribution in [1.82, 2.24) is 35.1 Å². The van der Waals surface area contributed by atoms with Gasteiger partial charge in [-0.05, 0) is 37.3 Å². The topological polar surface area (TPSA) is 113 Å². The molecule has 0 saturated carbocycles. The quantitative estimate of drug-likeness (QED) is 0.380. The van der Waals surface area contributed by atoms with E-state index in [0.29, 0.717) is 5.65 Å². The second kappa shape index (κ2) is 7.17. The molecule has 2 N–H and O–H groups in total. The molecule has 0 spiro atoms. The minimum Gasteiger partial charge on any atom is -0.353 e. The van der Waals surface area contributed by atoms with Crippen LogP contribution in [0.5, 0.6) is 0 Å². The first-order chi connectivity index (χ1) is 15.7. The third kappa shape index (κ3) is 2.98. The second-order valence-corrected chi connectivity index (χ2v) is 8.39. The van der Waals surface area contributed by atoms with Gasteiger partial charge in [-0.1, -0.05) is 0 Å². The number of carbonyl (C=O) groups is 1. The number of fused-ring (bicyclic) bond motifs is 2. The summed E-state index contributed by atoms with van der Waals surface area (Å²) in [6.07, 6.45) is 8.53. The number of pyridine rings is 2. The van der Waals surface area contributed by atoms with Gasteiger partial charge in [0.25, 0.3) is 0 Å². The number of aromatic amines is 2. The fourth-order valence-corrected chi connectivity index (χ4v) is 4.64. The molecule has 0 radical (unpaired) electrons. The summed E-state index contributed by atoms with van der Waals surface area (Å²) in [7, 11) is 0. The largest absolute Gasteiger partial charge is 0.353 e. The molecule has 0 atom stereocenters. The molecule has 32 heavy (non-hydrogen) atoms. The summed E-state index contributed by atoms with van der Waals surface area (Å²) in [5.74, 6) is 0.0533. The Kier molecular flexibility index (Phi) is 4.15. The molecular formula is C23H15N7OS. The smallest absolute Gasteiger partial charge is 0.169 e. The van der Waals surface area contributed by atoms with Crippen LogP contribution in [0.4, 0.5) is 0 Å². The first-order valence-corrected chi connectivity index (χ1v) is 10.7. The van der Waals surface area contributed by atoms with Crippen molar-refractivity contribution in [3.05, 3.63) is 66.2 Å². The zero-order valence-corrected chi connectivity index (χ0v) is 17.6. The van der Waals surface area contributed by atoms with Crippen LogP contribution in [0.1, 0.15) is 16.6 Å². The van der Waals surface area contributed by atoms with Gasteiger partial charge in [-0.25, -0.2) is 4.98 Å². The van der Waals surface area contributed by atoms with Crippen molar-refractivity contribution in [3.8, 4) is 33.2 Å². The van der Waals surface area contributed by atoms with Gasteiger partial charge in [-0.15, -0.1) is 11.3 Å². The van der Waals surface area contributed by atoms with Crippen LogP contribution in [0.15, 0.2) is 61.3 Å². The molecule has 6 rings (SSSR count). The van der Waals surface area contributed by atoms with Gasteiger partial charge in [0, 0.05) is 46.6 Å². The fraction of sp³-hybridized carbons (Fsp3) is 0.0435. The van der Waals surface area contributed by atoms with E-state index in [1.807, 2.05) is 30.3 Å². The Morgan fingerprint density at radius 2 is 1.88 bits per heavy atom. The Morgan fingerprint density at radius 3 is 2.69 bits per heavy atom. The molecule has 8 nitrogen and oxygen atoms in total. The average Bonchev–Trinajstić information content (AvgIpc) is 3.56. The Hall–Kier alpha value is -4.24. The van der Waals surface area contributed by atoms with E-state index in [2.05, 4.69) is 35.1 Å². The number of nitrogens with zero attached hydrogens (tertiary/aromatic N) is 5. The van der Waals surface area contributed by atoms with Gasteiger partial charge in [-0.2, -0.15) is 5.10 Å². The zero-order valence-electron chi connectivity index (χ0n) is 16.8. The number of thiophene rings is 1. The standard InChI is InChI=1S/C23H15N7OS/c1-12(31)19-2-3-20(32-19)22-14-9-17(28-16(14)4-5-26-22)21-15-8-13(10-27-23(15)30-29-21)18-11-24-6-7-25-18/h2-11,28H,1H3,(H,27,29,30). The van der Waals surface area contributed by atoms with Gasteiger partial charge < -0.3 is 4.98 Å². The number of carbonyl (C=O) groups excluding carboxylic acids is 1. The highest BCUT2D eigenvalue weighted by Gasteiger charge is 2.17. The van der Waals surface area contributed by atoms with Crippen molar-refractivity contribution < 1.29 is 4.79 Å². The van der Waals surface area contributed by atoms with Gasteiger partial charge >= 0.3 is 0 Å². The van der Waals surface area contributed by atoms with Crippen LogP contribution in [-0.4, -0.2) is 40.9 Å². The Bertz CT molecular complexity index is 1610. The molecule has 0 bridgehead atoms. The van der Waals surface area contributed by atoms with Crippen LogP contribution in [0, 0.1) is 0 Å². The summed E-state index contributed by atoms with van der Waals surface area (Å²) in [5, 5.41) is 9.36. The van der Waals surface area contributed by atoms with Crippen molar-refractivity contribution in [3.63, 3.8) is 0 Å². The lowest BCUT2D eigenvalue weighted by atomic mass is 10.1. The number of ketones is 1. The molecule has 9 heteroatoms. The maximum atomic E-state index is 11.7. The van der Waals surface area contributed by atoms with Crippen molar-refractivity contribution in [2.75, 3.05) is 0 Å². The number of aromatic nitrogens is 7. The maximum absolute atomic E-state index is 11.7. The van der Waals surface area contributed by atoms with Crippen molar-refractivity contribution in [2.45, 2.75) is 6.92 Å². The predicted molar refractivity (Wildman–Crippen MR) is 123 cm³/mol. The van der Waals surface area contributed by atoms with Crippen LogP contribution in [0.3, 0.4) is 0 Å². The third-order valence-corrected chi connectivity index (χ3v) is 6.46. The number of Topliss-reactive ketones (excluding diaryl/α,β-unsaturated/α-hetero) is 1. The van der Waals surface area contributed by atoms with Crippen molar-refractivity contribution in [1.29, 1.82) is 0 Å². The molecule has 0 amide bonds. The Morgan fingerprint density at radius 1 is 0.938 bits per heavy atom. The van der Waals surface area contributed by atoms with Crippen molar-refractivity contribution in [2.24, 2.45) is 0 Å². The zero-order chi connectivity index (χ0) is 21.7. The highest BCUT2D eigenvalue weighted by molar-refractivity contribution is 7.17. The van der Waals surface area contributed by atoms with Gasteiger partial charge in [0.1, 0.15) is 5.69 Å². The van der Waals surface area contributed by atoms with E-state index in [-0.39, 0.29) is 5.78 Å². The Balaban J connectivity index is 1.49. The minimum absolute atomic E-state index is 0.0533. The van der Waals surface area contributed by atoms with E-state index in [9.17, 15) is 4.79 Å². The SMILES string of the molecule is CC(=O)c1ccc(-c2nccc3[nH]c(-c4n[nH]c5ncc(-c6cnccn6)cc45)cc23)s1. The van der Waals surface area contributed by atoms with Gasteiger partial charge in [-0.3, -0.25) is 24.8 Å². The molecule has 0 fully saturated rings. The molecular weight excluding hydrogens is 422 g/mol. The maximum Gasteiger partial charge on any atom is 0.169 e. The van der Waals surface area contributed by atoms with Gasteiger partial charge in [0.05, 0.1) is 33.0 Å². The van der Waals surface area contributed by atoms with Crippen LogP contribution in [0.25, 0.3) is 55.2 Å². The Labute approximate surface area is 185 Å². The van der Waals surface area contributed by atoms with E-state index in [1.165, 1.54) is 11.3 Å². The van der Waals surface area contributed by atoms with E-state index in [1.54, 1.807) is 37.9 Å². The van der Waals surface area contributed by atoms with E-state index in [4.69, 9.17) is 0 Å². The minimum atomic E-state index is 0.0533. The lowest BCUT2D eigenvalue weighted by Crippen LogP contribution is -1.86. The lowest BCUT2D eigenvalue weighted by Gasteiger charge is -2.00. The molecule has 0 saturated heterocycles. The van der Waals surface area contributed by atoms with Crippen molar-refractivity contribution >= 4 is 39.1 Å². The molecule has 6 heterocycles. The first kappa shape index (κ1) is 18.5. The van der Waals surface area contributed by atoms with E-state index < -0.39 is 0 Å². The highest BCUT2D eigenvalue weighted by Crippen LogP contribution is 2.35. The number of hydrogen-bond acceptors (Lipinski definition) is 7. The molecule has 0 unspecified atom stereocenters. The molecule has 6 aromatic rings. The predicted octanol–water partition coefficient (Wildman–Crippen LogP) is 4.89.